The van der Waals surface area contributed by atoms with Crippen LogP contribution in [0.3, 0.4) is 0 Å². The van der Waals surface area contributed by atoms with E-state index in [1.807, 2.05) is 7.05 Å². The van der Waals surface area contributed by atoms with Gasteiger partial charge in [0.05, 0.1) is 25.2 Å². The van der Waals surface area contributed by atoms with Gasteiger partial charge in [0.2, 0.25) is 5.91 Å². The highest BCUT2D eigenvalue weighted by Gasteiger charge is 2.34. The Labute approximate surface area is 90.4 Å². The molecule has 1 fully saturated rings. The smallest absolute Gasteiger partial charge is 0.229 e. The van der Waals surface area contributed by atoms with Crippen molar-refractivity contribution in [3.05, 3.63) is 0 Å². The maximum Gasteiger partial charge on any atom is 0.229 e. The fourth-order valence-electron chi connectivity index (χ4n) is 1.85. The third-order valence-corrected chi connectivity index (χ3v) is 2.68. The number of likely N-dealkylation sites (N-methyl/N-ethyl adjacent to an activating group) is 2. The third-order valence-electron chi connectivity index (χ3n) is 2.68. The first-order valence-corrected chi connectivity index (χ1v) is 5.24. The molecule has 2 N–H and O–H groups in total. The predicted molar refractivity (Wildman–Crippen MR) is 56.5 cm³/mol. The quantitative estimate of drug-likeness (QED) is 0.637. The minimum absolute atomic E-state index is 0.0350. The molecule has 0 aromatic heterocycles. The zero-order chi connectivity index (χ0) is 11.4. The van der Waals surface area contributed by atoms with E-state index >= 15 is 0 Å². The van der Waals surface area contributed by atoms with Crippen LogP contribution in [-0.4, -0.2) is 61.9 Å². The van der Waals surface area contributed by atoms with Crippen molar-refractivity contribution in [2.75, 3.05) is 33.9 Å². The Morgan fingerprint density at radius 1 is 1.67 bits per heavy atom. The van der Waals surface area contributed by atoms with Crippen molar-refractivity contribution < 1.29 is 14.6 Å². The fraction of sp³-hybridized carbons (Fsp3) is 0.900. The average molecular weight is 216 g/mol. The van der Waals surface area contributed by atoms with Crippen molar-refractivity contribution in [1.29, 1.82) is 0 Å². The van der Waals surface area contributed by atoms with Crippen LogP contribution >= 0.6 is 0 Å². The molecular weight excluding hydrogens is 196 g/mol. The largest absolute Gasteiger partial charge is 0.392 e. The van der Waals surface area contributed by atoms with E-state index in [0.717, 1.165) is 0 Å². The van der Waals surface area contributed by atoms with Crippen LogP contribution < -0.4 is 5.32 Å². The number of rotatable bonds is 4. The van der Waals surface area contributed by atoms with Crippen LogP contribution in [0, 0.1) is 5.92 Å². The van der Waals surface area contributed by atoms with E-state index < -0.39 is 6.10 Å². The van der Waals surface area contributed by atoms with Crippen LogP contribution in [0.25, 0.3) is 0 Å². The number of amides is 1. The number of hydrogen-bond donors (Lipinski definition) is 2. The number of nitrogens with zero attached hydrogens (tertiary/aromatic N) is 1. The van der Waals surface area contributed by atoms with Crippen molar-refractivity contribution in [2.45, 2.75) is 19.1 Å². The molecule has 1 heterocycles. The molecule has 5 nitrogen and oxygen atoms in total. The Morgan fingerprint density at radius 2 is 2.33 bits per heavy atom. The summed E-state index contributed by atoms with van der Waals surface area (Å²) >= 11 is 0. The molecule has 0 bridgehead atoms. The Morgan fingerprint density at radius 3 is 2.87 bits per heavy atom. The van der Waals surface area contributed by atoms with Gasteiger partial charge in [-0.1, -0.05) is 0 Å². The van der Waals surface area contributed by atoms with Crippen LogP contribution in [0.15, 0.2) is 0 Å². The molecule has 1 amide bonds. The first-order valence-electron chi connectivity index (χ1n) is 5.24. The van der Waals surface area contributed by atoms with Crippen LogP contribution in [0.5, 0.6) is 0 Å². The molecule has 3 atom stereocenters. The summed E-state index contributed by atoms with van der Waals surface area (Å²) in [5.41, 5.74) is 0. The number of nitrogens with one attached hydrogen (secondary N) is 1. The monoisotopic (exact) mass is 216 g/mol. The maximum atomic E-state index is 11.9. The van der Waals surface area contributed by atoms with E-state index in [0.29, 0.717) is 19.8 Å². The summed E-state index contributed by atoms with van der Waals surface area (Å²) < 4.78 is 5.26. The number of aliphatic hydroxyl groups excluding tert-OH is 1. The van der Waals surface area contributed by atoms with Crippen molar-refractivity contribution >= 4 is 5.91 Å². The van der Waals surface area contributed by atoms with Gasteiger partial charge in [-0.3, -0.25) is 4.79 Å². The SMILES string of the molecule is CNC1COCC1C(=O)N(C)CC(C)O. The first-order chi connectivity index (χ1) is 7.06. The number of ether oxygens (including phenoxy) is 1. The van der Waals surface area contributed by atoms with Crippen molar-refractivity contribution in [2.24, 2.45) is 5.92 Å². The molecule has 5 heteroatoms. The summed E-state index contributed by atoms with van der Waals surface area (Å²) in [5.74, 6) is -0.0912. The highest BCUT2D eigenvalue weighted by molar-refractivity contribution is 5.79. The zero-order valence-corrected chi connectivity index (χ0v) is 9.56. The highest BCUT2D eigenvalue weighted by Crippen LogP contribution is 2.15. The maximum absolute atomic E-state index is 11.9. The van der Waals surface area contributed by atoms with E-state index in [1.165, 1.54) is 0 Å². The second-order valence-electron chi connectivity index (χ2n) is 4.11. The van der Waals surface area contributed by atoms with E-state index in [-0.39, 0.29) is 17.9 Å². The first kappa shape index (κ1) is 12.4. The average Bonchev–Trinajstić information content (AvgIpc) is 2.62. The molecule has 1 aliphatic rings. The number of carbonyl (C=O) groups excluding carboxylic acids is 1. The summed E-state index contributed by atoms with van der Waals surface area (Å²) in [5, 5.41) is 12.3. The van der Waals surface area contributed by atoms with Crippen LogP contribution in [-0.2, 0) is 9.53 Å². The second-order valence-corrected chi connectivity index (χ2v) is 4.11. The van der Waals surface area contributed by atoms with Crippen LogP contribution in [0.2, 0.25) is 0 Å². The Hall–Kier alpha value is -0.650. The van der Waals surface area contributed by atoms with Gasteiger partial charge in [0.15, 0.2) is 0 Å². The van der Waals surface area contributed by atoms with Gasteiger partial charge in [0.25, 0.3) is 0 Å². The van der Waals surface area contributed by atoms with Crippen LogP contribution in [0.1, 0.15) is 6.92 Å². The van der Waals surface area contributed by atoms with E-state index in [4.69, 9.17) is 4.74 Å². The minimum atomic E-state index is -0.491. The third kappa shape index (κ3) is 3.15. The standard InChI is InChI=1S/C10H20N2O3/c1-7(13)4-12(3)10(14)8-5-15-6-9(8)11-2/h7-9,11,13H,4-6H2,1-3H3. The Kier molecular flexibility index (Phi) is 4.50. The van der Waals surface area contributed by atoms with Gasteiger partial charge in [-0.15, -0.1) is 0 Å². The van der Waals surface area contributed by atoms with Gasteiger partial charge in [0, 0.05) is 19.6 Å². The second kappa shape index (κ2) is 5.44. The van der Waals surface area contributed by atoms with Crippen molar-refractivity contribution in [1.82, 2.24) is 10.2 Å². The Bertz CT molecular complexity index is 221. The lowest BCUT2D eigenvalue weighted by Crippen LogP contribution is -2.45. The van der Waals surface area contributed by atoms with Gasteiger partial charge in [0.1, 0.15) is 0 Å². The van der Waals surface area contributed by atoms with E-state index in [9.17, 15) is 9.90 Å². The Balaban J connectivity index is 2.51. The lowest BCUT2D eigenvalue weighted by molar-refractivity contribution is -0.135. The lowest BCUT2D eigenvalue weighted by atomic mass is 10.0. The number of hydrogen-bond acceptors (Lipinski definition) is 4. The molecule has 0 aromatic rings. The minimum Gasteiger partial charge on any atom is -0.392 e. The summed E-state index contributed by atoms with van der Waals surface area (Å²) in [7, 11) is 3.54. The molecule has 88 valence electrons. The number of aliphatic hydroxyl groups is 1. The fourth-order valence-corrected chi connectivity index (χ4v) is 1.85. The topological polar surface area (TPSA) is 61.8 Å². The lowest BCUT2D eigenvalue weighted by Gasteiger charge is -2.24. The zero-order valence-electron chi connectivity index (χ0n) is 9.56. The summed E-state index contributed by atoms with van der Waals surface area (Å²) in [6, 6.07) is 0.0916. The summed E-state index contributed by atoms with van der Waals surface area (Å²) in [4.78, 5) is 13.5. The molecule has 1 rings (SSSR count). The molecule has 1 aliphatic heterocycles. The molecule has 0 saturated carbocycles. The normalized spacial score (nSPS) is 27.7. The van der Waals surface area contributed by atoms with Gasteiger partial charge in [-0.25, -0.2) is 0 Å². The number of carbonyl (C=O) groups is 1. The summed E-state index contributed by atoms with van der Waals surface area (Å²) in [6.45, 7) is 3.08. The van der Waals surface area contributed by atoms with Gasteiger partial charge >= 0.3 is 0 Å². The summed E-state index contributed by atoms with van der Waals surface area (Å²) in [6.07, 6.45) is -0.491. The van der Waals surface area contributed by atoms with Crippen molar-refractivity contribution in [3.63, 3.8) is 0 Å². The van der Waals surface area contributed by atoms with E-state index in [1.54, 1.807) is 18.9 Å². The molecule has 1 saturated heterocycles. The molecule has 0 aromatic carbocycles. The molecule has 0 aliphatic carbocycles. The van der Waals surface area contributed by atoms with Crippen molar-refractivity contribution in [3.8, 4) is 0 Å². The molecule has 3 unspecified atom stereocenters. The van der Waals surface area contributed by atoms with E-state index in [2.05, 4.69) is 5.32 Å². The predicted octanol–water partition coefficient (Wildman–Crippen LogP) is -0.940. The van der Waals surface area contributed by atoms with Gasteiger partial charge < -0.3 is 20.1 Å². The molecular formula is C10H20N2O3. The molecule has 0 spiro atoms. The van der Waals surface area contributed by atoms with Gasteiger partial charge in [-0.2, -0.15) is 0 Å². The van der Waals surface area contributed by atoms with Crippen LogP contribution in [0.4, 0.5) is 0 Å². The highest BCUT2D eigenvalue weighted by atomic mass is 16.5. The van der Waals surface area contributed by atoms with Gasteiger partial charge in [-0.05, 0) is 14.0 Å². The molecule has 15 heavy (non-hydrogen) atoms. The molecule has 0 radical (unpaired) electrons.